The first-order valence-corrected chi connectivity index (χ1v) is 19.6. The minimum atomic E-state index is -0.969. The molecule has 3 heterocycles. The van der Waals surface area contributed by atoms with Crippen molar-refractivity contribution < 1.29 is 23.9 Å². The average Bonchev–Trinajstić information content (AvgIpc) is 3.33. The maximum Gasteiger partial charge on any atom is 0.259 e. The van der Waals surface area contributed by atoms with Gasteiger partial charge in [0.15, 0.2) is 5.11 Å². The lowest BCUT2D eigenvalue weighted by atomic mass is 10.0. The number of nitrogens with one attached hydrogen (secondary N) is 3. The van der Waals surface area contributed by atoms with Crippen molar-refractivity contribution in [2.24, 2.45) is 0 Å². The van der Waals surface area contributed by atoms with E-state index in [0.717, 1.165) is 30.1 Å². The van der Waals surface area contributed by atoms with Gasteiger partial charge < -0.3 is 20.3 Å². The third-order valence-corrected chi connectivity index (χ3v) is 11.3. The normalized spacial score (nSPS) is 21.5. The number of carbonyl (C=O) groups is 4. The summed E-state index contributed by atoms with van der Waals surface area (Å²) in [5, 5.41) is 18.4. The molecule has 0 aromatic heterocycles. The second-order valence-electron chi connectivity index (χ2n) is 15.0. The number of amides is 4. The number of benzene rings is 3. The van der Waals surface area contributed by atoms with Crippen LogP contribution in [0, 0.1) is 11.3 Å². The van der Waals surface area contributed by atoms with Gasteiger partial charge in [-0.05, 0) is 113 Å². The van der Waals surface area contributed by atoms with Crippen LogP contribution in [0.15, 0.2) is 60.7 Å². The second kappa shape index (κ2) is 17.0. The van der Waals surface area contributed by atoms with Crippen molar-refractivity contribution in [2.45, 2.75) is 77.5 Å². The zero-order chi connectivity index (χ0) is 40.3. The third-order valence-electron chi connectivity index (χ3n) is 10.6. The maximum atomic E-state index is 13.7. The predicted molar refractivity (Wildman–Crippen MR) is 221 cm³/mol. The van der Waals surface area contributed by atoms with Crippen molar-refractivity contribution in [3.05, 3.63) is 76.8 Å². The molecule has 3 aliphatic rings. The molecule has 294 valence electrons. The van der Waals surface area contributed by atoms with Crippen molar-refractivity contribution >= 4 is 75.3 Å². The van der Waals surface area contributed by atoms with E-state index < -0.39 is 11.6 Å². The number of rotatable bonds is 12. The van der Waals surface area contributed by atoms with Crippen LogP contribution in [-0.2, 0) is 25.6 Å². The van der Waals surface area contributed by atoms with Crippen LogP contribution in [0.25, 0.3) is 0 Å². The zero-order valence-corrected chi connectivity index (χ0v) is 33.8. The number of piperidine rings is 1. The van der Waals surface area contributed by atoms with Gasteiger partial charge in [0.2, 0.25) is 17.7 Å². The van der Waals surface area contributed by atoms with E-state index in [1.165, 1.54) is 4.90 Å². The van der Waals surface area contributed by atoms with Crippen LogP contribution in [-0.4, -0.2) is 95.0 Å². The predicted octanol–water partition coefficient (Wildman–Crippen LogP) is 5.32. The van der Waals surface area contributed by atoms with Crippen molar-refractivity contribution in [3.8, 4) is 11.8 Å². The number of nitriles is 1. The zero-order valence-electron chi connectivity index (χ0n) is 32.2. The Bertz CT molecular complexity index is 2080. The number of hydrogen-bond donors (Lipinski definition) is 3. The van der Waals surface area contributed by atoms with Crippen LogP contribution in [0.2, 0.25) is 5.02 Å². The Morgan fingerprint density at radius 3 is 2.43 bits per heavy atom. The minimum absolute atomic E-state index is 0.122. The monoisotopic (exact) mass is 798 g/mol. The number of anilines is 4. The highest BCUT2D eigenvalue weighted by Gasteiger charge is 2.50. The van der Waals surface area contributed by atoms with Gasteiger partial charge in [-0.15, -0.1) is 0 Å². The number of halogens is 1. The smallest absolute Gasteiger partial charge is 0.259 e. The molecule has 3 fully saturated rings. The molecule has 3 N–H and O–H groups in total. The Kier molecular flexibility index (Phi) is 12.3. The fourth-order valence-corrected chi connectivity index (χ4v) is 8.38. The summed E-state index contributed by atoms with van der Waals surface area (Å²) in [5.41, 5.74) is 2.94. The molecule has 4 amide bonds. The molecular weight excluding hydrogens is 752 g/mol. The van der Waals surface area contributed by atoms with E-state index in [4.69, 9.17) is 28.6 Å². The van der Waals surface area contributed by atoms with Gasteiger partial charge in [-0.1, -0.05) is 24.6 Å². The van der Waals surface area contributed by atoms with E-state index in [-0.39, 0.29) is 53.7 Å². The van der Waals surface area contributed by atoms with Gasteiger partial charge in [0.1, 0.15) is 30.0 Å². The number of hydrogen-bond acceptors (Lipinski definition) is 10. The first kappa shape index (κ1) is 40.6. The summed E-state index contributed by atoms with van der Waals surface area (Å²) in [7, 11) is 0. The van der Waals surface area contributed by atoms with Crippen LogP contribution in [0.3, 0.4) is 0 Å². The standard InChI is InChI=1S/C41H47ClN8O5S/c1-6-27-18-32(50-40(56)49(39(54)41(50,4)5)31-11-10-28(21-43)33(42)20-31)12-14-35(27)55-17-16-47-22-25(2)48(26(3)23-47)24-37(52)45-30-9-7-8-29(19-30)44-34-13-15-36(51)46-38(34)53/h7-12,14,18-20,25-26,34,44H,6,13,15-17,22-24H2,1-5H3,(H,45,52)(H,46,51,53)/t25-,26+,34?. The van der Waals surface area contributed by atoms with E-state index in [9.17, 15) is 24.4 Å². The molecule has 0 bridgehead atoms. The Morgan fingerprint density at radius 1 is 1.04 bits per heavy atom. The average molecular weight is 799 g/mol. The number of ether oxygens (including phenoxy) is 1. The molecule has 3 saturated heterocycles. The van der Waals surface area contributed by atoms with Crippen molar-refractivity contribution in [2.75, 3.05) is 53.2 Å². The summed E-state index contributed by atoms with van der Waals surface area (Å²) in [5.74, 6) is -0.164. The number of piperazine rings is 1. The Hall–Kier alpha value is -5.07. The lowest BCUT2D eigenvalue weighted by molar-refractivity contribution is -0.133. The highest BCUT2D eigenvalue weighted by atomic mass is 35.5. The quantitative estimate of drug-likeness (QED) is 0.162. The molecule has 0 saturated carbocycles. The molecule has 3 aromatic rings. The lowest BCUT2D eigenvalue weighted by Crippen LogP contribution is -2.58. The molecule has 15 heteroatoms. The number of carbonyl (C=O) groups excluding carboxylic acids is 4. The van der Waals surface area contributed by atoms with E-state index in [1.807, 2.05) is 61.2 Å². The molecule has 3 atom stereocenters. The number of aryl methyl sites for hydroxylation is 1. The Labute approximate surface area is 337 Å². The summed E-state index contributed by atoms with van der Waals surface area (Å²) in [6.07, 6.45) is 1.41. The van der Waals surface area contributed by atoms with Gasteiger partial charge in [0.25, 0.3) is 5.91 Å². The molecule has 0 aliphatic carbocycles. The molecule has 0 spiro atoms. The van der Waals surface area contributed by atoms with Crippen LogP contribution < -0.4 is 30.5 Å². The largest absolute Gasteiger partial charge is 0.492 e. The van der Waals surface area contributed by atoms with Gasteiger partial charge >= 0.3 is 0 Å². The second-order valence-corrected chi connectivity index (χ2v) is 15.8. The van der Waals surface area contributed by atoms with Gasteiger partial charge in [-0.2, -0.15) is 5.26 Å². The first-order valence-electron chi connectivity index (χ1n) is 18.8. The number of imide groups is 1. The topological polar surface area (TPSA) is 150 Å². The first-order chi connectivity index (χ1) is 26.7. The minimum Gasteiger partial charge on any atom is -0.492 e. The molecule has 0 radical (unpaired) electrons. The number of thiocarbonyl (C=S) groups is 1. The van der Waals surface area contributed by atoms with Gasteiger partial charge in [-0.25, -0.2) is 0 Å². The SMILES string of the molecule is CCc1cc(N2C(=S)N(c3ccc(C#N)c(Cl)c3)C(=O)C2(C)C)ccc1OCCN1C[C@@H](C)N(CC(=O)Nc2cccc(NC3CCC(=O)NC3=O)c2)[C@@H](C)C1. The van der Waals surface area contributed by atoms with E-state index in [1.54, 1.807) is 24.3 Å². The van der Waals surface area contributed by atoms with Crippen molar-refractivity contribution in [1.29, 1.82) is 5.26 Å². The van der Waals surface area contributed by atoms with Crippen molar-refractivity contribution in [1.82, 2.24) is 15.1 Å². The molecule has 3 aromatic carbocycles. The Balaban J connectivity index is 1.01. The maximum absolute atomic E-state index is 13.7. The van der Waals surface area contributed by atoms with Gasteiger partial charge in [-0.3, -0.25) is 39.2 Å². The number of nitrogens with zero attached hydrogens (tertiary/aromatic N) is 5. The molecule has 13 nitrogen and oxygen atoms in total. The summed E-state index contributed by atoms with van der Waals surface area (Å²) in [4.78, 5) is 58.4. The third kappa shape index (κ3) is 8.66. The molecule has 1 unspecified atom stereocenters. The van der Waals surface area contributed by atoms with Crippen LogP contribution >= 0.6 is 23.8 Å². The van der Waals surface area contributed by atoms with Gasteiger partial charge in [0, 0.05) is 55.2 Å². The fourth-order valence-electron chi connectivity index (χ4n) is 7.64. The highest BCUT2D eigenvalue weighted by molar-refractivity contribution is 7.81. The van der Waals surface area contributed by atoms with Crippen LogP contribution in [0.1, 0.15) is 58.6 Å². The Morgan fingerprint density at radius 2 is 1.75 bits per heavy atom. The molecule has 3 aliphatic heterocycles. The van der Waals surface area contributed by atoms with Crippen molar-refractivity contribution in [3.63, 3.8) is 0 Å². The molecular formula is C41H47ClN8O5S. The van der Waals surface area contributed by atoms with Crippen LogP contribution in [0.5, 0.6) is 5.75 Å². The summed E-state index contributed by atoms with van der Waals surface area (Å²) < 4.78 is 6.34. The summed E-state index contributed by atoms with van der Waals surface area (Å²) >= 11 is 12.2. The van der Waals surface area contributed by atoms with Gasteiger partial charge in [0.05, 0.1) is 22.8 Å². The lowest BCUT2D eigenvalue weighted by Gasteiger charge is -2.44. The van der Waals surface area contributed by atoms with E-state index in [0.29, 0.717) is 53.7 Å². The molecule has 6 rings (SSSR count). The highest BCUT2D eigenvalue weighted by Crippen LogP contribution is 2.39. The fraction of sp³-hybridized carbons (Fsp3) is 0.415. The summed E-state index contributed by atoms with van der Waals surface area (Å²) in [6, 6.07) is 19.7. The summed E-state index contributed by atoms with van der Waals surface area (Å²) in [6.45, 7) is 13.0. The molecule has 56 heavy (non-hydrogen) atoms. The van der Waals surface area contributed by atoms with E-state index in [2.05, 4.69) is 46.5 Å². The van der Waals surface area contributed by atoms with E-state index >= 15 is 0 Å². The van der Waals surface area contributed by atoms with Crippen LogP contribution in [0.4, 0.5) is 22.7 Å².